The molecule has 0 aromatic heterocycles. The topological polar surface area (TPSA) is 75.4 Å². The SMILES string of the molecule is CC(=O)NC1CCN(C(=O)CC2(CN)CCCCC2)C1. The van der Waals surface area contributed by atoms with Gasteiger partial charge < -0.3 is 16.0 Å². The van der Waals surface area contributed by atoms with E-state index < -0.39 is 0 Å². The molecule has 1 heterocycles. The summed E-state index contributed by atoms with van der Waals surface area (Å²) < 4.78 is 0. The molecule has 5 heteroatoms. The van der Waals surface area contributed by atoms with Crippen LogP contribution in [0.2, 0.25) is 0 Å². The van der Waals surface area contributed by atoms with E-state index in [-0.39, 0.29) is 23.3 Å². The summed E-state index contributed by atoms with van der Waals surface area (Å²) in [5.41, 5.74) is 5.98. The lowest BCUT2D eigenvalue weighted by atomic mass is 9.71. The van der Waals surface area contributed by atoms with Gasteiger partial charge in [0.05, 0.1) is 0 Å². The summed E-state index contributed by atoms with van der Waals surface area (Å²) in [4.78, 5) is 25.4. The third kappa shape index (κ3) is 3.72. The Balaban J connectivity index is 1.87. The average molecular weight is 281 g/mol. The molecule has 114 valence electrons. The number of nitrogens with two attached hydrogens (primary N) is 1. The number of amides is 2. The summed E-state index contributed by atoms with van der Waals surface area (Å²) in [5, 5.41) is 2.90. The van der Waals surface area contributed by atoms with Crippen molar-refractivity contribution in [3.05, 3.63) is 0 Å². The highest BCUT2D eigenvalue weighted by molar-refractivity contribution is 5.78. The second-order valence-electron chi connectivity index (χ2n) is 6.47. The molecule has 2 aliphatic rings. The maximum Gasteiger partial charge on any atom is 0.223 e. The van der Waals surface area contributed by atoms with Crippen LogP contribution in [-0.4, -0.2) is 42.4 Å². The molecule has 0 aromatic rings. The minimum absolute atomic E-state index is 0.0185. The third-order valence-electron chi connectivity index (χ3n) is 4.82. The molecule has 0 aromatic carbocycles. The monoisotopic (exact) mass is 281 g/mol. The smallest absolute Gasteiger partial charge is 0.223 e. The zero-order valence-electron chi connectivity index (χ0n) is 12.5. The van der Waals surface area contributed by atoms with Crippen molar-refractivity contribution in [2.75, 3.05) is 19.6 Å². The van der Waals surface area contributed by atoms with Crippen molar-refractivity contribution >= 4 is 11.8 Å². The van der Waals surface area contributed by atoms with E-state index in [0.29, 0.717) is 19.5 Å². The summed E-state index contributed by atoms with van der Waals surface area (Å²) in [6.07, 6.45) is 7.26. The maximum atomic E-state index is 12.5. The highest BCUT2D eigenvalue weighted by Gasteiger charge is 2.36. The first-order valence-corrected chi connectivity index (χ1v) is 7.80. The van der Waals surface area contributed by atoms with Crippen LogP contribution in [-0.2, 0) is 9.59 Å². The Morgan fingerprint density at radius 1 is 1.30 bits per heavy atom. The van der Waals surface area contributed by atoms with Crippen LogP contribution >= 0.6 is 0 Å². The number of hydrogen-bond donors (Lipinski definition) is 2. The third-order valence-corrected chi connectivity index (χ3v) is 4.82. The lowest BCUT2D eigenvalue weighted by Crippen LogP contribution is -2.41. The molecular weight excluding hydrogens is 254 g/mol. The molecule has 0 spiro atoms. The van der Waals surface area contributed by atoms with E-state index in [2.05, 4.69) is 5.32 Å². The minimum atomic E-state index is -0.0185. The molecule has 5 nitrogen and oxygen atoms in total. The first kappa shape index (κ1) is 15.3. The quantitative estimate of drug-likeness (QED) is 0.808. The summed E-state index contributed by atoms with van der Waals surface area (Å²) in [6.45, 7) is 3.54. The zero-order valence-corrected chi connectivity index (χ0v) is 12.5. The number of carbonyl (C=O) groups is 2. The number of hydrogen-bond acceptors (Lipinski definition) is 3. The lowest BCUT2D eigenvalue weighted by molar-refractivity contribution is -0.133. The number of nitrogens with one attached hydrogen (secondary N) is 1. The van der Waals surface area contributed by atoms with Gasteiger partial charge in [0.25, 0.3) is 0 Å². The van der Waals surface area contributed by atoms with Crippen LogP contribution in [0.4, 0.5) is 0 Å². The summed E-state index contributed by atoms with van der Waals surface area (Å²) >= 11 is 0. The Morgan fingerprint density at radius 2 is 2.00 bits per heavy atom. The van der Waals surface area contributed by atoms with Crippen LogP contribution in [0, 0.1) is 5.41 Å². The standard InChI is InChI=1S/C15H27N3O2/c1-12(19)17-13-5-8-18(10-13)14(20)9-15(11-16)6-3-2-4-7-15/h13H,2-11,16H2,1H3,(H,17,19). The lowest BCUT2D eigenvalue weighted by Gasteiger charge is -2.36. The van der Waals surface area contributed by atoms with Gasteiger partial charge in [0.15, 0.2) is 0 Å². The van der Waals surface area contributed by atoms with Crippen molar-refractivity contribution in [1.82, 2.24) is 10.2 Å². The minimum Gasteiger partial charge on any atom is -0.352 e. The maximum absolute atomic E-state index is 12.5. The highest BCUT2D eigenvalue weighted by Crippen LogP contribution is 2.39. The van der Waals surface area contributed by atoms with Crippen molar-refractivity contribution in [2.24, 2.45) is 11.1 Å². The summed E-state index contributed by atoms with van der Waals surface area (Å²) in [6, 6.07) is 0.122. The van der Waals surface area contributed by atoms with Gasteiger partial charge in [-0.15, -0.1) is 0 Å². The molecule has 0 radical (unpaired) electrons. The van der Waals surface area contributed by atoms with Gasteiger partial charge in [-0.2, -0.15) is 0 Å². The van der Waals surface area contributed by atoms with E-state index >= 15 is 0 Å². The van der Waals surface area contributed by atoms with Crippen LogP contribution in [0.25, 0.3) is 0 Å². The van der Waals surface area contributed by atoms with Crippen molar-refractivity contribution in [3.63, 3.8) is 0 Å². The van der Waals surface area contributed by atoms with Gasteiger partial charge in [-0.05, 0) is 31.2 Å². The van der Waals surface area contributed by atoms with Gasteiger partial charge >= 0.3 is 0 Å². The van der Waals surface area contributed by atoms with Crippen molar-refractivity contribution < 1.29 is 9.59 Å². The van der Waals surface area contributed by atoms with E-state index in [9.17, 15) is 9.59 Å². The number of rotatable bonds is 4. The molecule has 1 saturated carbocycles. The second-order valence-corrected chi connectivity index (χ2v) is 6.47. The van der Waals surface area contributed by atoms with E-state index in [1.165, 1.54) is 26.2 Å². The molecule has 1 unspecified atom stereocenters. The molecule has 0 bridgehead atoms. The Bertz CT molecular complexity index is 364. The Labute approximate surface area is 121 Å². The first-order valence-electron chi connectivity index (χ1n) is 7.80. The van der Waals surface area contributed by atoms with Gasteiger partial charge in [0.2, 0.25) is 11.8 Å². The highest BCUT2D eigenvalue weighted by atomic mass is 16.2. The molecule has 1 aliphatic carbocycles. The van der Waals surface area contributed by atoms with Gasteiger partial charge in [-0.3, -0.25) is 9.59 Å². The molecule has 1 saturated heterocycles. The fourth-order valence-electron chi connectivity index (χ4n) is 3.58. The van der Waals surface area contributed by atoms with Crippen LogP contribution in [0.3, 0.4) is 0 Å². The van der Waals surface area contributed by atoms with Crippen LogP contribution in [0.15, 0.2) is 0 Å². The predicted octanol–water partition coefficient (Wildman–Crippen LogP) is 1.02. The van der Waals surface area contributed by atoms with Crippen LogP contribution in [0.1, 0.15) is 51.9 Å². The second kappa shape index (κ2) is 6.57. The first-order chi connectivity index (χ1) is 9.54. The Morgan fingerprint density at radius 3 is 2.60 bits per heavy atom. The normalized spacial score (nSPS) is 25.5. The number of likely N-dealkylation sites (tertiary alicyclic amines) is 1. The molecule has 1 atom stereocenters. The average Bonchev–Trinajstić information content (AvgIpc) is 2.87. The Hall–Kier alpha value is -1.10. The van der Waals surface area contributed by atoms with Gasteiger partial charge in [0.1, 0.15) is 0 Å². The van der Waals surface area contributed by atoms with Gasteiger partial charge in [0, 0.05) is 32.5 Å². The number of nitrogens with zero attached hydrogens (tertiary/aromatic N) is 1. The molecular formula is C15H27N3O2. The van der Waals surface area contributed by atoms with E-state index in [1.54, 1.807) is 0 Å². The van der Waals surface area contributed by atoms with E-state index in [4.69, 9.17) is 5.73 Å². The van der Waals surface area contributed by atoms with Crippen LogP contribution in [0.5, 0.6) is 0 Å². The zero-order chi connectivity index (χ0) is 14.6. The molecule has 2 rings (SSSR count). The predicted molar refractivity (Wildman–Crippen MR) is 78.0 cm³/mol. The number of carbonyl (C=O) groups excluding carboxylic acids is 2. The fraction of sp³-hybridized carbons (Fsp3) is 0.867. The molecule has 20 heavy (non-hydrogen) atoms. The van der Waals surface area contributed by atoms with Gasteiger partial charge in [-0.1, -0.05) is 19.3 Å². The van der Waals surface area contributed by atoms with Crippen LogP contribution < -0.4 is 11.1 Å². The van der Waals surface area contributed by atoms with E-state index in [1.807, 2.05) is 4.90 Å². The van der Waals surface area contributed by atoms with E-state index in [0.717, 1.165) is 25.8 Å². The molecule has 2 fully saturated rings. The Kier molecular flexibility index (Phi) is 5.02. The van der Waals surface area contributed by atoms with Crippen molar-refractivity contribution in [3.8, 4) is 0 Å². The fourth-order valence-corrected chi connectivity index (χ4v) is 3.58. The summed E-state index contributed by atoms with van der Waals surface area (Å²) in [7, 11) is 0. The van der Waals surface area contributed by atoms with Crippen molar-refractivity contribution in [1.29, 1.82) is 0 Å². The molecule has 1 aliphatic heterocycles. The van der Waals surface area contributed by atoms with Gasteiger partial charge in [-0.25, -0.2) is 0 Å². The largest absolute Gasteiger partial charge is 0.352 e. The van der Waals surface area contributed by atoms with Crippen molar-refractivity contribution in [2.45, 2.75) is 57.9 Å². The molecule has 3 N–H and O–H groups in total. The molecule has 2 amide bonds. The summed E-state index contributed by atoms with van der Waals surface area (Å²) in [5.74, 6) is 0.195.